The molecule has 0 saturated heterocycles. The lowest BCUT2D eigenvalue weighted by molar-refractivity contribution is 0.481. The van der Waals surface area contributed by atoms with Crippen LogP contribution in [0, 0.1) is 5.92 Å². The molecule has 0 N–H and O–H groups in total. The molecule has 0 rings (SSSR count). The standard InChI is InChI=1S/C8H18ClNO2S2/c1-8(6-9)7-14(11,12)10(2)4-5-13-3/h8H,4-7H2,1-3H3. The summed E-state index contributed by atoms with van der Waals surface area (Å²) in [6.07, 6.45) is 1.96. The average molecular weight is 260 g/mol. The smallest absolute Gasteiger partial charge is 0.212 e. The van der Waals surface area contributed by atoms with Crippen LogP contribution in [0.5, 0.6) is 0 Å². The number of hydrogen-bond donors (Lipinski definition) is 0. The van der Waals surface area contributed by atoms with Gasteiger partial charge in [-0.15, -0.1) is 11.6 Å². The van der Waals surface area contributed by atoms with E-state index in [0.29, 0.717) is 12.4 Å². The predicted octanol–water partition coefficient (Wildman–Crippen LogP) is 1.49. The summed E-state index contributed by atoms with van der Waals surface area (Å²) < 4.78 is 24.7. The normalized spacial score (nSPS) is 14.6. The molecule has 0 aliphatic heterocycles. The van der Waals surface area contributed by atoms with E-state index in [9.17, 15) is 8.42 Å². The number of hydrogen-bond acceptors (Lipinski definition) is 3. The van der Waals surface area contributed by atoms with Gasteiger partial charge in [0.1, 0.15) is 0 Å². The Labute approximate surface area is 96.2 Å². The Hall–Kier alpha value is 0.550. The molecule has 0 bridgehead atoms. The zero-order chi connectivity index (χ0) is 11.2. The number of sulfonamides is 1. The van der Waals surface area contributed by atoms with Crippen LogP contribution in [-0.4, -0.2) is 50.0 Å². The van der Waals surface area contributed by atoms with Crippen LogP contribution in [-0.2, 0) is 10.0 Å². The van der Waals surface area contributed by atoms with Crippen LogP contribution in [0.4, 0.5) is 0 Å². The molecule has 14 heavy (non-hydrogen) atoms. The highest BCUT2D eigenvalue weighted by Gasteiger charge is 2.20. The minimum absolute atomic E-state index is 0.0124. The summed E-state index contributed by atoms with van der Waals surface area (Å²) in [6, 6.07) is 0. The minimum Gasteiger partial charge on any atom is -0.212 e. The Morgan fingerprint density at radius 2 is 2.07 bits per heavy atom. The average Bonchev–Trinajstić information content (AvgIpc) is 2.13. The summed E-state index contributed by atoms with van der Waals surface area (Å²) in [6.45, 7) is 2.41. The maximum Gasteiger partial charge on any atom is 0.214 e. The maximum atomic E-state index is 11.7. The van der Waals surface area contributed by atoms with E-state index in [-0.39, 0.29) is 11.7 Å². The first kappa shape index (κ1) is 14.6. The molecule has 0 heterocycles. The molecule has 0 amide bonds. The Balaban J connectivity index is 4.17. The van der Waals surface area contributed by atoms with Crippen molar-refractivity contribution in [3.05, 3.63) is 0 Å². The Kier molecular flexibility index (Phi) is 7.20. The SMILES string of the molecule is CSCCN(C)S(=O)(=O)CC(C)CCl. The largest absolute Gasteiger partial charge is 0.214 e. The van der Waals surface area contributed by atoms with E-state index in [1.165, 1.54) is 4.31 Å². The first-order valence-electron chi connectivity index (χ1n) is 4.43. The van der Waals surface area contributed by atoms with Crippen molar-refractivity contribution in [1.29, 1.82) is 0 Å². The Bertz CT molecular complexity index is 244. The molecule has 86 valence electrons. The molecule has 0 aliphatic carbocycles. The summed E-state index contributed by atoms with van der Waals surface area (Å²) in [5.74, 6) is 1.36. The van der Waals surface area contributed by atoms with Gasteiger partial charge in [0.2, 0.25) is 10.0 Å². The lowest BCUT2D eigenvalue weighted by Gasteiger charge is -2.18. The van der Waals surface area contributed by atoms with Gasteiger partial charge < -0.3 is 0 Å². The molecule has 0 aromatic rings. The highest BCUT2D eigenvalue weighted by Crippen LogP contribution is 2.08. The fourth-order valence-corrected chi connectivity index (χ4v) is 3.16. The van der Waals surface area contributed by atoms with Crippen molar-refractivity contribution in [2.24, 2.45) is 5.92 Å². The molecule has 0 aliphatic rings. The zero-order valence-electron chi connectivity index (χ0n) is 8.86. The molecule has 1 atom stereocenters. The van der Waals surface area contributed by atoms with Crippen LogP contribution >= 0.6 is 23.4 Å². The number of nitrogens with zero attached hydrogens (tertiary/aromatic N) is 1. The van der Waals surface area contributed by atoms with E-state index in [2.05, 4.69) is 0 Å². The van der Waals surface area contributed by atoms with Crippen molar-refractivity contribution in [3.8, 4) is 0 Å². The summed E-state index contributed by atoms with van der Waals surface area (Å²) in [5.41, 5.74) is 0. The highest BCUT2D eigenvalue weighted by molar-refractivity contribution is 7.98. The van der Waals surface area contributed by atoms with Gasteiger partial charge >= 0.3 is 0 Å². The molecule has 0 aromatic heterocycles. The van der Waals surface area contributed by atoms with Gasteiger partial charge in [0.15, 0.2) is 0 Å². The molecule has 0 saturated carbocycles. The maximum absolute atomic E-state index is 11.7. The summed E-state index contributed by atoms with van der Waals surface area (Å²) in [4.78, 5) is 0. The van der Waals surface area contributed by atoms with E-state index in [1.807, 2.05) is 13.2 Å². The van der Waals surface area contributed by atoms with E-state index >= 15 is 0 Å². The summed E-state index contributed by atoms with van der Waals surface area (Å²) >= 11 is 7.22. The van der Waals surface area contributed by atoms with Gasteiger partial charge in [-0.3, -0.25) is 0 Å². The second kappa shape index (κ2) is 6.93. The van der Waals surface area contributed by atoms with Gasteiger partial charge in [0.05, 0.1) is 5.75 Å². The molecule has 6 heteroatoms. The minimum atomic E-state index is -3.11. The number of thioether (sulfide) groups is 1. The fourth-order valence-electron chi connectivity index (χ4n) is 0.890. The fraction of sp³-hybridized carbons (Fsp3) is 1.00. The van der Waals surface area contributed by atoms with Crippen LogP contribution < -0.4 is 0 Å². The molecule has 0 spiro atoms. The predicted molar refractivity (Wildman–Crippen MR) is 64.7 cm³/mol. The molecular weight excluding hydrogens is 242 g/mol. The lowest BCUT2D eigenvalue weighted by atomic mass is 10.3. The molecule has 0 aromatic carbocycles. The van der Waals surface area contributed by atoms with E-state index in [4.69, 9.17) is 11.6 Å². The second-order valence-corrected chi connectivity index (χ2v) is 6.77. The van der Waals surface area contributed by atoms with Crippen molar-refractivity contribution in [2.45, 2.75) is 6.92 Å². The molecule has 0 fully saturated rings. The molecular formula is C8H18ClNO2S2. The van der Waals surface area contributed by atoms with E-state index in [1.54, 1.807) is 18.8 Å². The quantitative estimate of drug-likeness (QED) is 0.650. The van der Waals surface area contributed by atoms with Gasteiger partial charge in [-0.25, -0.2) is 12.7 Å². The lowest BCUT2D eigenvalue weighted by Crippen LogP contribution is -2.33. The third-order valence-corrected chi connectivity index (χ3v) is 5.08. The molecule has 1 unspecified atom stereocenters. The van der Waals surface area contributed by atoms with Crippen molar-refractivity contribution < 1.29 is 8.42 Å². The van der Waals surface area contributed by atoms with Crippen molar-refractivity contribution in [1.82, 2.24) is 4.31 Å². The Morgan fingerprint density at radius 3 is 2.50 bits per heavy atom. The van der Waals surface area contributed by atoms with Crippen LogP contribution in [0.2, 0.25) is 0 Å². The van der Waals surface area contributed by atoms with Gasteiger partial charge in [0.25, 0.3) is 0 Å². The van der Waals surface area contributed by atoms with Crippen molar-refractivity contribution in [3.63, 3.8) is 0 Å². The van der Waals surface area contributed by atoms with Gasteiger partial charge in [-0.1, -0.05) is 6.92 Å². The first-order chi connectivity index (χ1) is 6.44. The van der Waals surface area contributed by atoms with Crippen LogP contribution in [0.3, 0.4) is 0 Å². The number of halogens is 1. The van der Waals surface area contributed by atoms with Crippen LogP contribution in [0.25, 0.3) is 0 Å². The third-order valence-electron chi connectivity index (χ3n) is 1.84. The van der Waals surface area contributed by atoms with Crippen molar-refractivity contribution >= 4 is 33.4 Å². The Morgan fingerprint density at radius 1 is 1.50 bits per heavy atom. The number of alkyl halides is 1. The number of rotatable bonds is 7. The van der Waals surface area contributed by atoms with Crippen molar-refractivity contribution in [2.75, 3.05) is 37.2 Å². The topological polar surface area (TPSA) is 37.4 Å². The van der Waals surface area contributed by atoms with Crippen LogP contribution in [0.1, 0.15) is 6.92 Å². The third kappa shape index (κ3) is 5.44. The van der Waals surface area contributed by atoms with Gasteiger partial charge in [-0.2, -0.15) is 11.8 Å². The molecule has 3 nitrogen and oxygen atoms in total. The highest BCUT2D eigenvalue weighted by atomic mass is 35.5. The zero-order valence-corrected chi connectivity index (χ0v) is 11.3. The van der Waals surface area contributed by atoms with E-state index < -0.39 is 10.0 Å². The first-order valence-corrected chi connectivity index (χ1v) is 7.96. The van der Waals surface area contributed by atoms with Gasteiger partial charge in [-0.05, 0) is 12.2 Å². The van der Waals surface area contributed by atoms with E-state index in [0.717, 1.165) is 5.75 Å². The summed E-state index contributed by atoms with van der Waals surface area (Å²) in [5, 5.41) is 0. The molecule has 0 radical (unpaired) electrons. The summed E-state index contributed by atoms with van der Waals surface area (Å²) in [7, 11) is -1.49. The van der Waals surface area contributed by atoms with Gasteiger partial charge in [0, 0.05) is 25.2 Å². The van der Waals surface area contributed by atoms with Crippen LogP contribution in [0.15, 0.2) is 0 Å². The monoisotopic (exact) mass is 259 g/mol. The second-order valence-electron chi connectivity index (χ2n) is 3.35.